The first-order chi connectivity index (χ1) is 5.95. The molecule has 0 aliphatic rings. The molecule has 1 aromatic carbocycles. The highest BCUT2D eigenvalue weighted by molar-refractivity contribution is 7.86. The average molecular weight is 221 g/mol. The van der Waals surface area contributed by atoms with Crippen LogP contribution in [-0.2, 0) is 10.1 Å². The van der Waals surface area contributed by atoms with E-state index in [1.165, 1.54) is 12.1 Å². The van der Waals surface area contributed by atoms with Crippen molar-refractivity contribution in [1.82, 2.24) is 0 Å². The van der Waals surface area contributed by atoms with E-state index in [1.807, 2.05) is 0 Å². The fourth-order valence-corrected chi connectivity index (χ4v) is 1.53. The van der Waals surface area contributed by atoms with Gasteiger partial charge in [0, 0.05) is 19.0 Å². The predicted molar refractivity (Wildman–Crippen MR) is 50.3 cm³/mol. The van der Waals surface area contributed by atoms with Crippen LogP contribution in [-0.4, -0.2) is 13.0 Å². The largest absolute Gasteiger partial charge is 0.429 e. The van der Waals surface area contributed by atoms with Crippen molar-refractivity contribution < 1.29 is 17.2 Å². The van der Waals surface area contributed by atoms with Crippen LogP contribution in [0.3, 0.4) is 0 Å². The number of benzene rings is 1. The molecule has 0 amide bonds. The molecule has 0 aliphatic heterocycles. The van der Waals surface area contributed by atoms with E-state index < -0.39 is 10.1 Å². The summed E-state index contributed by atoms with van der Waals surface area (Å²) < 4.78 is 34.5. The highest BCUT2D eigenvalue weighted by Gasteiger charge is 2.13. The van der Waals surface area contributed by atoms with Crippen molar-refractivity contribution in [3.8, 4) is 5.75 Å². The number of hydrogen-bond donors (Lipinski definition) is 3. The number of anilines is 1. The molecule has 72 valence electrons. The van der Waals surface area contributed by atoms with Crippen molar-refractivity contribution in [1.29, 1.82) is 0 Å². The zero-order chi connectivity index (χ0) is 10.1. The van der Waals surface area contributed by atoms with Gasteiger partial charge in [-0.2, -0.15) is 8.42 Å². The predicted octanol–water partition coefficient (Wildman–Crippen LogP) is 0.739. The van der Waals surface area contributed by atoms with E-state index in [2.05, 4.69) is 17.1 Å². The topological polar surface area (TPSA) is 89.6 Å². The molecule has 0 atom stereocenters. The molecule has 1 rings (SSSR count). The Hall–Kier alpha value is -0.920. The molecule has 0 bridgehead atoms. The second-order valence-electron chi connectivity index (χ2n) is 2.27. The van der Waals surface area contributed by atoms with E-state index in [1.54, 1.807) is 0 Å². The smallest absolute Gasteiger partial charge is 0.296 e. The lowest BCUT2D eigenvalue weighted by molar-refractivity contribution is 0.483. The fourth-order valence-electron chi connectivity index (χ4n) is 0.818. The van der Waals surface area contributed by atoms with E-state index in [0.717, 1.165) is 6.07 Å². The van der Waals surface area contributed by atoms with Crippen LogP contribution in [0.25, 0.3) is 0 Å². The second kappa shape index (κ2) is 3.44. The van der Waals surface area contributed by atoms with Crippen molar-refractivity contribution in [2.45, 2.75) is 4.90 Å². The van der Waals surface area contributed by atoms with Gasteiger partial charge in [0.15, 0.2) is 0 Å². The van der Waals surface area contributed by atoms with Gasteiger partial charge in [0.25, 0.3) is 10.1 Å². The Balaban J connectivity index is 3.29. The lowest BCUT2D eigenvalue weighted by Gasteiger charge is -2.03. The molecule has 0 fully saturated rings. The first kappa shape index (κ1) is 10.2. The summed E-state index contributed by atoms with van der Waals surface area (Å²) in [6.07, 6.45) is 0. The summed E-state index contributed by atoms with van der Waals surface area (Å²) in [6.45, 7) is 0. The third-order valence-corrected chi connectivity index (χ3v) is 2.50. The molecule has 0 unspecified atom stereocenters. The maximum Gasteiger partial charge on any atom is 0.296 e. The van der Waals surface area contributed by atoms with Crippen LogP contribution < -0.4 is 9.92 Å². The third-order valence-electron chi connectivity index (χ3n) is 1.36. The molecule has 0 heterocycles. The minimum Gasteiger partial charge on any atom is -0.429 e. The SMILES string of the molecule is Nc1cc(OS)ccc1S(=O)(=O)O. The molecule has 1 aromatic rings. The first-order valence-corrected chi connectivity index (χ1v) is 4.94. The van der Waals surface area contributed by atoms with Gasteiger partial charge in [0.1, 0.15) is 10.6 Å². The summed E-state index contributed by atoms with van der Waals surface area (Å²) in [4.78, 5) is -0.346. The Kier molecular flexibility index (Phi) is 2.69. The molecule has 0 spiro atoms. The Morgan fingerprint density at radius 1 is 1.46 bits per heavy atom. The summed E-state index contributed by atoms with van der Waals surface area (Å²) >= 11 is 3.50. The van der Waals surface area contributed by atoms with Crippen LogP contribution in [0.15, 0.2) is 23.1 Å². The molecule has 0 aromatic heterocycles. The van der Waals surface area contributed by atoms with Gasteiger partial charge >= 0.3 is 0 Å². The van der Waals surface area contributed by atoms with Gasteiger partial charge in [-0.15, -0.1) is 0 Å². The molecule has 7 heteroatoms. The molecular formula is C6H7NO4S2. The third kappa shape index (κ3) is 2.27. The van der Waals surface area contributed by atoms with Gasteiger partial charge in [0.05, 0.1) is 5.69 Å². The van der Waals surface area contributed by atoms with Gasteiger partial charge in [-0.1, -0.05) is 0 Å². The number of hydrogen-bond acceptors (Lipinski definition) is 5. The fraction of sp³-hybridized carbons (Fsp3) is 0. The van der Waals surface area contributed by atoms with E-state index in [0.29, 0.717) is 5.75 Å². The van der Waals surface area contributed by atoms with Crippen LogP contribution in [0.4, 0.5) is 5.69 Å². The van der Waals surface area contributed by atoms with Crippen molar-refractivity contribution in [3.05, 3.63) is 18.2 Å². The summed E-state index contributed by atoms with van der Waals surface area (Å²) in [5.74, 6) is 0.299. The zero-order valence-corrected chi connectivity index (χ0v) is 8.05. The van der Waals surface area contributed by atoms with Crippen molar-refractivity contribution in [2.75, 3.05) is 5.73 Å². The second-order valence-corrected chi connectivity index (χ2v) is 3.84. The van der Waals surface area contributed by atoms with Crippen molar-refractivity contribution in [2.24, 2.45) is 0 Å². The normalized spacial score (nSPS) is 11.2. The lowest BCUT2D eigenvalue weighted by atomic mass is 10.3. The maximum absolute atomic E-state index is 10.7. The molecule has 0 saturated carbocycles. The Morgan fingerprint density at radius 2 is 2.08 bits per heavy atom. The number of nitrogen functional groups attached to an aromatic ring is 1. The Bertz CT molecular complexity index is 415. The molecule has 3 N–H and O–H groups in total. The van der Waals surface area contributed by atoms with Crippen LogP contribution in [0.2, 0.25) is 0 Å². The monoisotopic (exact) mass is 221 g/mol. The van der Waals surface area contributed by atoms with Gasteiger partial charge in [-0.05, 0) is 12.1 Å². The lowest BCUT2D eigenvalue weighted by Crippen LogP contribution is -2.02. The van der Waals surface area contributed by atoms with Crippen LogP contribution in [0.1, 0.15) is 0 Å². The zero-order valence-electron chi connectivity index (χ0n) is 6.34. The Morgan fingerprint density at radius 3 is 2.46 bits per heavy atom. The van der Waals surface area contributed by atoms with E-state index in [-0.39, 0.29) is 10.6 Å². The quantitative estimate of drug-likeness (QED) is 0.296. The molecular weight excluding hydrogens is 214 g/mol. The molecule has 5 nitrogen and oxygen atoms in total. The maximum atomic E-state index is 10.7. The van der Waals surface area contributed by atoms with Gasteiger partial charge in [-0.25, -0.2) is 0 Å². The van der Waals surface area contributed by atoms with E-state index >= 15 is 0 Å². The Labute approximate surface area is 80.9 Å². The number of nitrogens with two attached hydrogens (primary N) is 1. The number of rotatable bonds is 2. The minimum absolute atomic E-state index is 0.0888. The highest BCUT2D eigenvalue weighted by Crippen LogP contribution is 2.23. The minimum atomic E-state index is -4.26. The van der Waals surface area contributed by atoms with Gasteiger partial charge in [-0.3, -0.25) is 4.55 Å². The summed E-state index contributed by atoms with van der Waals surface area (Å²) in [5, 5.41) is 0. The standard InChI is InChI=1S/C6H7NO4S2/c7-5-3-4(11-12)1-2-6(5)13(8,9)10/h1-3,12H,7H2,(H,8,9,10). The molecule has 0 radical (unpaired) electrons. The van der Waals surface area contributed by atoms with Crippen molar-refractivity contribution >= 4 is 28.7 Å². The number of thiol groups is 1. The van der Waals surface area contributed by atoms with Gasteiger partial charge < -0.3 is 9.92 Å². The molecule has 0 saturated heterocycles. The van der Waals surface area contributed by atoms with E-state index in [4.69, 9.17) is 10.3 Å². The molecule has 0 aliphatic carbocycles. The van der Waals surface area contributed by atoms with Crippen molar-refractivity contribution in [3.63, 3.8) is 0 Å². The van der Waals surface area contributed by atoms with Gasteiger partial charge in [0.2, 0.25) is 0 Å². The summed E-state index contributed by atoms with van der Waals surface area (Å²) in [6, 6.07) is 3.71. The van der Waals surface area contributed by atoms with Crippen LogP contribution in [0, 0.1) is 0 Å². The van der Waals surface area contributed by atoms with E-state index in [9.17, 15) is 8.42 Å². The molecule has 13 heavy (non-hydrogen) atoms. The first-order valence-electron chi connectivity index (χ1n) is 3.13. The van der Waals surface area contributed by atoms with Crippen LogP contribution in [0.5, 0.6) is 5.75 Å². The summed E-state index contributed by atoms with van der Waals surface area (Å²) in [7, 11) is -4.26. The average Bonchev–Trinajstić information content (AvgIpc) is 2.01. The highest BCUT2D eigenvalue weighted by atomic mass is 32.2. The summed E-state index contributed by atoms with van der Waals surface area (Å²) in [5.41, 5.74) is 5.24. The van der Waals surface area contributed by atoms with Crippen LogP contribution >= 0.6 is 12.9 Å².